The van der Waals surface area contributed by atoms with E-state index in [0.717, 1.165) is 32.1 Å². The number of hydrogen-bond acceptors (Lipinski definition) is 3. The quantitative estimate of drug-likeness (QED) is 0.757. The van der Waals surface area contributed by atoms with Crippen LogP contribution in [0.4, 0.5) is 0 Å². The predicted molar refractivity (Wildman–Crippen MR) is 83.4 cm³/mol. The van der Waals surface area contributed by atoms with Gasteiger partial charge in [0.15, 0.2) is 0 Å². The van der Waals surface area contributed by atoms with Gasteiger partial charge >= 0.3 is 5.97 Å². The Morgan fingerprint density at radius 2 is 1.73 bits per heavy atom. The molecular weight excluding hydrogens is 282 g/mol. The van der Waals surface area contributed by atoms with E-state index in [-0.39, 0.29) is 23.7 Å². The van der Waals surface area contributed by atoms with Crippen molar-refractivity contribution in [3.8, 4) is 0 Å². The molecular formula is C17H29NO4. The molecule has 0 radical (unpaired) electrons. The first-order chi connectivity index (χ1) is 10.4. The number of piperidine rings is 1. The molecule has 22 heavy (non-hydrogen) atoms. The smallest absolute Gasteiger partial charge is 0.307 e. The number of rotatable bonds is 7. The van der Waals surface area contributed by atoms with Gasteiger partial charge in [-0.15, -0.1) is 0 Å². The van der Waals surface area contributed by atoms with E-state index in [9.17, 15) is 14.7 Å². The Labute approximate surface area is 132 Å². The van der Waals surface area contributed by atoms with Gasteiger partial charge in [-0.3, -0.25) is 9.59 Å². The van der Waals surface area contributed by atoms with Crippen molar-refractivity contribution >= 4 is 11.9 Å². The summed E-state index contributed by atoms with van der Waals surface area (Å²) in [6.45, 7) is 5.32. The summed E-state index contributed by atoms with van der Waals surface area (Å²) in [6.07, 6.45) is 5.59. The lowest BCUT2D eigenvalue weighted by Gasteiger charge is -2.35. The molecule has 1 saturated heterocycles. The molecule has 1 amide bonds. The third kappa shape index (κ3) is 3.62. The fourth-order valence-corrected chi connectivity index (χ4v) is 4.08. The number of hydrogen-bond donors (Lipinski definition) is 2. The molecule has 1 atom stereocenters. The molecule has 0 aromatic carbocycles. The van der Waals surface area contributed by atoms with Crippen LogP contribution in [0.15, 0.2) is 0 Å². The maximum absolute atomic E-state index is 12.5. The Morgan fingerprint density at radius 3 is 2.14 bits per heavy atom. The molecule has 5 heteroatoms. The van der Waals surface area contributed by atoms with Gasteiger partial charge in [-0.25, -0.2) is 0 Å². The van der Waals surface area contributed by atoms with E-state index in [2.05, 4.69) is 0 Å². The van der Waals surface area contributed by atoms with E-state index in [4.69, 9.17) is 5.11 Å². The highest BCUT2D eigenvalue weighted by Gasteiger charge is 2.59. The number of carbonyl (C=O) groups excluding carboxylic acids is 1. The normalized spacial score (nSPS) is 23.6. The maximum atomic E-state index is 12.5. The van der Waals surface area contributed by atoms with Crippen LogP contribution in [-0.2, 0) is 9.59 Å². The summed E-state index contributed by atoms with van der Waals surface area (Å²) in [5.74, 6) is -0.881. The van der Waals surface area contributed by atoms with Gasteiger partial charge in [0, 0.05) is 13.1 Å². The minimum atomic E-state index is -0.876. The van der Waals surface area contributed by atoms with Crippen LogP contribution in [0.1, 0.15) is 65.2 Å². The average molecular weight is 311 g/mol. The highest BCUT2D eigenvalue weighted by atomic mass is 16.4. The Balaban J connectivity index is 1.86. The summed E-state index contributed by atoms with van der Waals surface area (Å²) in [5, 5.41) is 19.7. The Kier molecular flexibility index (Phi) is 5.15. The van der Waals surface area contributed by atoms with Crippen molar-refractivity contribution in [2.45, 2.75) is 70.8 Å². The number of carbonyl (C=O) groups is 2. The standard InChI is InChI=1S/C17H29NO4/c1-3-5-17(22,6-4-2)12-14(19)18-9-7-16(8-10-18)11-13(16)15(20)21/h13,22H,3-12H2,1-2H3,(H,20,21). The summed E-state index contributed by atoms with van der Waals surface area (Å²) in [6, 6.07) is 0. The van der Waals surface area contributed by atoms with Crippen LogP contribution in [0.25, 0.3) is 0 Å². The van der Waals surface area contributed by atoms with Gasteiger partial charge in [0.25, 0.3) is 0 Å². The van der Waals surface area contributed by atoms with Gasteiger partial charge in [-0.05, 0) is 37.5 Å². The fraction of sp³-hybridized carbons (Fsp3) is 0.882. The largest absolute Gasteiger partial charge is 0.481 e. The van der Waals surface area contributed by atoms with E-state index in [0.29, 0.717) is 25.9 Å². The number of aliphatic carboxylic acids is 1. The second-order valence-electron chi connectivity index (χ2n) is 7.24. The van der Waals surface area contributed by atoms with Crippen molar-refractivity contribution in [3.05, 3.63) is 0 Å². The number of aliphatic hydroxyl groups is 1. The average Bonchev–Trinajstić information content (AvgIpc) is 3.14. The summed E-state index contributed by atoms with van der Waals surface area (Å²) >= 11 is 0. The lowest BCUT2D eigenvalue weighted by Crippen LogP contribution is -2.44. The molecule has 1 spiro atoms. The molecule has 1 heterocycles. The number of carboxylic acid groups (broad SMARTS) is 1. The molecule has 1 unspecified atom stereocenters. The van der Waals surface area contributed by atoms with Crippen LogP contribution in [-0.4, -0.2) is 45.7 Å². The van der Waals surface area contributed by atoms with Crippen LogP contribution in [0.2, 0.25) is 0 Å². The highest BCUT2D eigenvalue weighted by Crippen LogP contribution is 2.59. The number of likely N-dealkylation sites (tertiary alicyclic amines) is 1. The molecule has 126 valence electrons. The van der Waals surface area contributed by atoms with E-state index in [1.807, 2.05) is 18.7 Å². The first-order valence-electron chi connectivity index (χ1n) is 8.59. The zero-order valence-electron chi connectivity index (χ0n) is 13.8. The third-order valence-corrected chi connectivity index (χ3v) is 5.51. The number of carboxylic acids is 1. The molecule has 2 rings (SSSR count). The fourth-order valence-electron chi connectivity index (χ4n) is 4.08. The topological polar surface area (TPSA) is 77.8 Å². The van der Waals surface area contributed by atoms with E-state index < -0.39 is 11.6 Å². The highest BCUT2D eigenvalue weighted by molar-refractivity contribution is 5.78. The van der Waals surface area contributed by atoms with E-state index in [1.165, 1.54) is 0 Å². The predicted octanol–water partition coefficient (Wildman–Crippen LogP) is 2.42. The molecule has 2 fully saturated rings. The van der Waals surface area contributed by atoms with Crippen molar-refractivity contribution in [1.29, 1.82) is 0 Å². The lowest BCUT2D eigenvalue weighted by molar-refractivity contribution is -0.140. The lowest BCUT2D eigenvalue weighted by atomic mass is 9.87. The first-order valence-corrected chi connectivity index (χ1v) is 8.59. The van der Waals surface area contributed by atoms with Gasteiger partial charge in [0.2, 0.25) is 5.91 Å². The SMILES string of the molecule is CCCC(O)(CCC)CC(=O)N1CCC2(CC1)CC2C(=O)O. The van der Waals surface area contributed by atoms with Crippen LogP contribution < -0.4 is 0 Å². The minimum absolute atomic E-state index is 0.0202. The Morgan fingerprint density at radius 1 is 1.18 bits per heavy atom. The Hall–Kier alpha value is -1.10. The van der Waals surface area contributed by atoms with Gasteiger partial charge in [0.05, 0.1) is 17.9 Å². The summed E-state index contributed by atoms with van der Waals surface area (Å²) < 4.78 is 0. The van der Waals surface area contributed by atoms with Gasteiger partial charge in [0.1, 0.15) is 0 Å². The molecule has 0 bridgehead atoms. The van der Waals surface area contributed by atoms with Gasteiger partial charge in [-0.1, -0.05) is 26.7 Å². The van der Waals surface area contributed by atoms with Gasteiger partial charge < -0.3 is 15.1 Å². The number of nitrogens with zero attached hydrogens (tertiary/aromatic N) is 1. The van der Waals surface area contributed by atoms with Crippen molar-refractivity contribution in [2.24, 2.45) is 11.3 Å². The van der Waals surface area contributed by atoms with Crippen molar-refractivity contribution in [1.82, 2.24) is 4.90 Å². The zero-order valence-corrected chi connectivity index (χ0v) is 13.8. The molecule has 5 nitrogen and oxygen atoms in total. The van der Waals surface area contributed by atoms with Crippen molar-refractivity contribution < 1.29 is 19.8 Å². The molecule has 0 aromatic rings. The second kappa shape index (κ2) is 6.57. The molecule has 1 saturated carbocycles. The van der Waals surface area contributed by atoms with Crippen LogP contribution in [0, 0.1) is 11.3 Å². The molecule has 1 aliphatic carbocycles. The van der Waals surface area contributed by atoms with Gasteiger partial charge in [-0.2, -0.15) is 0 Å². The summed E-state index contributed by atoms with van der Waals surface area (Å²) in [7, 11) is 0. The van der Waals surface area contributed by atoms with Crippen molar-refractivity contribution in [3.63, 3.8) is 0 Å². The molecule has 2 aliphatic rings. The molecule has 1 aliphatic heterocycles. The summed E-state index contributed by atoms with van der Waals surface area (Å²) in [5.41, 5.74) is -0.926. The first kappa shape index (κ1) is 17.3. The second-order valence-corrected chi connectivity index (χ2v) is 7.24. The number of amides is 1. The van der Waals surface area contributed by atoms with Crippen molar-refractivity contribution in [2.75, 3.05) is 13.1 Å². The minimum Gasteiger partial charge on any atom is -0.481 e. The van der Waals surface area contributed by atoms with Crippen LogP contribution in [0.3, 0.4) is 0 Å². The molecule has 2 N–H and O–H groups in total. The van der Waals surface area contributed by atoms with Crippen LogP contribution >= 0.6 is 0 Å². The summed E-state index contributed by atoms with van der Waals surface area (Å²) in [4.78, 5) is 25.3. The van der Waals surface area contributed by atoms with E-state index in [1.54, 1.807) is 0 Å². The third-order valence-electron chi connectivity index (χ3n) is 5.51. The van der Waals surface area contributed by atoms with Crippen LogP contribution in [0.5, 0.6) is 0 Å². The maximum Gasteiger partial charge on any atom is 0.307 e. The zero-order chi connectivity index (χ0) is 16.4. The monoisotopic (exact) mass is 311 g/mol. The Bertz CT molecular complexity index is 420. The van der Waals surface area contributed by atoms with E-state index >= 15 is 0 Å². The molecule has 0 aromatic heterocycles.